The van der Waals surface area contributed by atoms with Gasteiger partial charge < -0.3 is 4.74 Å². The van der Waals surface area contributed by atoms with Crippen molar-refractivity contribution in [3.8, 4) is 0 Å². The quantitative estimate of drug-likeness (QED) is 0.478. The summed E-state index contributed by atoms with van der Waals surface area (Å²) in [5.41, 5.74) is -1.54. The van der Waals surface area contributed by atoms with Crippen LogP contribution in [0, 0.1) is 5.95 Å². The predicted molar refractivity (Wildman–Crippen MR) is 54.7 cm³/mol. The monoisotopic (exact) mass is 267 g/mol. The van der Waals surface area contributed by atoms with Crippen molar-refractivity contribution < 1.29 is 22.7 Å². The van der Waals surface area contributed by atoms with Crippen LogP contribution >= 0.6 is 11.6 Å². The summed E-state index contributed by atoms with van der Waals surface area (Å²) < 4.78 is 43.1. The second kappa shape index (κ2) is 5.86. The Balaban J connectivity index is 3.24. The number of ether oxygens (including phenoxy) is 1. The van der Waals surface area contributed by atoms with Gasteiger partial charge in [-0.2, -0.15) is 4.39 Å². The van der Waals surface area contributed by atoms with Crippen molar-refractivity contribution >= 4 is 17.6 Å². The SMILES string of the molecule is CCOC(=O)c1cc(C(F)F)c(CCl)c(F)n1. The van der Waals surface area contributed by atoms with Crippen LogP contribution in [-0.4, -0.2) is 17.6 Å². The van der Waals surface area contributed by atoms with Crippen molar-refractivity contribution in [3.63, 3.8) is 0 Å². The van der Waals surface area contributed by atoms with Gasteiger partial charge in [-0.05, 0) is 13.0 Å². The van der Waals surface area contributed by atoms with Crippen LogP contribution in [0.4, 0.5) is 13.2 Å². The summed E-state index contributed by atoms with van der Waals surface area (Å²) >= 11 is 5.34. The van der Waals surface area contributed by atoms with Gasteiger partial charge in [0.2, 0.25) is 5.95 Å². The van der Waals surface area contributed by atoms with Gasteiger partial charge in [0.1, 0.15) is 0 Å². The zero-order chi connectivity index (χ0) is 13.0. The Morgan fingerprint density at radius 3 is 2.71 bits per heavy atom. The Kier molecular flexibility index (Phi) is 4.74. The molecule has 0 aromatic carbocycles. The summed E-state index contributed by atoms with van der Waals surface area (Å²) in [5, 5.41) is 0. The van der Waals surface area contributed by atoms with Crippen LogP contribution < -0.4 is 0 Å². The minimum Gasteiger partial charge on any atom is -0.461 e. The molecule has 7 heteroatoms. The number of rotatable bonds is 4. The van der Waals surface area contributed by atoms with Gasteiger partial charge in [0.25, 0.3) is 6.43 Å². The predicted octanol–water partition coefficient (Wildman–Crippen LogP) is 3.07. The topological polar surface area (TPSA) is 39.2 Å². The molecule has 0 aliphatic rings. The first kappa shape index (κ1) is 13.8. The molecule has 0 spiro atoms. The maximum absolute atomic E-state index is 13.3. The Morgan fingerprint density at radius 1 is 1.59 bits per heavy atom. The average molecular weight is 268 g/mol. The maximum Gasteiger partial charge on any atom is 0.357 e. The largest absolute Gasteiger partial charge is 0.461 e. The Bertz CT molecular complexity index is 426. The molecular formula is C10H9ClF3NO2. The molecule has 0 N–H and O–H groups in total. The maximum atomic E-state index is 13.3. The number of esters is 1. The molecule has 0 saturated heterocycles. The van der Waals surface area contributed by atoms with Crippen molar-refractivity contribution in [2.75, 3.05) is 6.61 Å². The van der Waals surface area contributed by atoms with Crippen molar-refractivity contribution in [2.45, 2.75) is 19.2 Å². The van der Waals surface area contributed by atoms with E-state index in [2.05, 4.69) is 9.72 Å². The third-order valence-corrected chi connectivity index (χ3v) is 2.23. The van der Waals surface area contributed by atoms with Crippen LogP contribution in [0.2, 0.25) is 0 Å². The standard InChI is InChI=1S/C10H9ClF3NO2/c1-2-17-10(16)7-3-5(8(12)13)6(4-11)9(14)15-7/h3,8H,2,4H2,1H3. The van der Waals surface area contributed by atoms with E-state index in [1.54, 1.807) is 0 Å². The number of hydrogen-bond acceptors (Lipinski definition) is 3. The molecule has 3 nitrogen and oxygen atoms in total. The molecule has 0 radical (unpaired) electrons. The lowest BCUT2D eigenvalue weighted by Crippen LogP contribution is -2.11. The summed E-state index contributed by atoms with van der Waals surface area (Å²) in [6.45, 7) is 1.58. The van der Waals surface area contributed by atoms with Gasteiger partial charge in [-0.15, -0.1) is 11.6 Å². The second-order valence-corrected chi connectivity index (χ2v) is 3.29. The van der Waals surface area contributed by atoms with Crippen LogP contribution in [0.1, 0.15) is 35.0 Å². The molecule has 0 unspecified atom stereocenters. The van der Waals surface area contributed by atoms with Crippen LogP contribution in [0.3, 0.4) is 0 Å². The fraction of sp³-hybridized carbons (Fsp3) is 0.400. The zero-order valence-electron chi connectivity index (χ0n) is 8.84. The summed E-state index contributed by atoms with van der Waals surface area (Å²) in [4.78, 5) is 14.5. The van der Waals surface area contributed by atoms with Crippen molar-refractivity contribution in [1.29, 1.82) is 0 Å². The first-order valence-electron chi connectivity index (χ1n) is 4.71. The fourth-order valence-corrected chi connectivity index (χ4v) is 1.46. The lowest BCUT2D eigenvalue weighted by molar-refractivity contribution is 0.0517. The van der Waals surface area contributed by atoms with E-state index in [-0.39, 0.29) is 6.61 Å². The van der Waals surface area contributed by atoms with Crippen LogP contribution in [0.25, 0.3) is 0 Å². The normalized spacial score (nSPS) is 10.7. The number of carbonyl (C=O) groups excluding carboxylic acids is 1. The van der Waals surface area contributed by atoms with E-state index >= 15 is 0 Å². The highest BCUT2D eigenvalue weighted by molar-refractivity contribution is 6.17. The van der Waals surface area contributed by atoms with Gasteiger partial charge >= 0.3 is 5.97 Å². The van der Waals surface area contributed by atoms with Gasteiger partial charge in [0.15, 0.2) is 5.69 Å². The fourth-order valence-electron chi connectivity index (χ4n) is 1.20. The minimum atomic E-state index is -2.94. The molecule has 0 saturated carbocycles. The van der Waals surface area contributed by atoms with Gasteiger partial charge in [-0.1, -0.05) is 0 Å². The number of pyridine rings is 1. The van der Waals surface area contributed by atoms with E-state index in [9.17, 15) is 18.0 Å². The molecule has 1 aromatic rings. The highest BCUT2D eigenvalue weighted by Gasteiger charge is 2.21. The van der Waals surface area contributed by atoms with E-state index < -0.39 is 41.0 Å². The molecule has 1 rings (SSSR count). The molecule has 1 heterocycles. The number of hydrogen-bond donors (Lipinski definition) is 0. The Morgan fingerprint density at radius 2 is 2.24 bits per heavy atom. The summed E-state index contributed by atoms with van der Waals surface area (Å²) in [6, 6.07) is 0.795. The highest BCUT2D eigenvalue weighted by atomic mass is 35.5. The highest BCUT2D eigenvalue weighted by Crippen LogP contribution is 2.26. The van der Waals surface area contributed by atoms with Gasteiger partial charge in [0, 0.05) is 11.1 Å². The number of carbonyl (C=O) groups is 1. The summed E-state index contributed by atoms with van der Waals surface area (Å²) in [6.07, 6.45) is -2.94. The first-order valence-corrected chi connectivity index (χ1v) is 5.25. The molecule has 0 atom stereocenters. The smallest absolute Gasteiger partial charge is 0.357 e. The molecule has 17 heavy (non-hydrogen) atoms. The molecule has 0 amide bonds. The Labute approximate surface area is 101 Å². The van der Waals surface area contributed by atoms with Crippen molar-refractivity contribution in [2.24, 2.45) is 0 Å². The van der Waals surface area contributed by atoms with Gasteiger partial charge in [-0.3, -0.25) is 0 Å². The number of alkyl halides is 3. The molecule has 0 aliphatic carbocycles. The van der Waals surface area contributed by atoms with E-state index in [4.69, 9.17) is 11.6 Å². The van der Waals surface area contributed by atoms with Gasteiger partial charge in [0.05, 0.1) is 12.5 Å². The molecule has 0 fully saturated rings. The molecule has 1 aromatic heterocycles. The lowest BCUT2D eigenvalue weighted by Gasteiger charge is -2.09. The third-order valence-electron chi connectivity index (χ3n) is 1.96. The average Bonchev–Trinajstić information content (AvgIpc) is 2.28. The number of halogens is 4. The molecule has 0 bridgehead atoms. The van der Waals surface area contributed by atoms with Crippen LogP contribution in [-0.2, 0) is 10.6 Å². The van der Waals surface area contributed by atoms with E-state index in [0.29, 0.717) is 0 Å². The van der Waals surface area contributed by atoms with Crippen LogP contribution in [0.15, 0.2) is 6.07 Å². The van der Waals surface area contributed by atoms with E-state index in [0.717, 1.165) is 6.07 Å². The molecular weight excluding hydrogens is 259 g/mol. The zero-order valence-corrected chi connectivity index (χ0v) is 9.60. The summed E-state index contributed by atoms with van der Waals surface area (Å²) in [7, 11) is 0. The first-order chi connectivity index (χ1) is 8.01. The van der Waals surface area contributed by atoms with Gasteiger partial charge in [-0.25, -0.2) is 18.6 Å². The van der Waals surface area contributed by atoms with Crippen molar-refractivity contribution in [1.82, 2.24) is 4.98 Å². The van der Waals surface area contributed by atoms with E-state index in [1.165, 1.54) is 6.92 Å². The number of nitrogens with zero attached hydrogens (tertiary/aromatic N) is 1. The number of aromatic nitrogens is 1. The minimum absolute atomic E-state index is 0.0450. The summed E-state index contributed by atoms with van der Waals surface area (Å²) in [5.74, 6) is -2.57. The lowest BCUT2D eigenvalue weighted by atomic mass is 10.1. The van der Waals surface area contributed by atoms with Crippen molar-refractivity contribution in [3.05, 3.63) is 28.8 Å². The Hall–Kier alpha value is -1.30. The molecule has 94 valence electrons. The van der Waals surface area contributed by atoms with E-state index in [1.807, 2.05) is 0 Å². The molecule has 0 aliphatic heterocycles. The third kappa shape index (κ3) is 3.09. The second-order valence-electron chi connectivity index (χ2n) is 3.02. The van der Waals surface area contributed by atoms with Crippen LogP contribution in [0.5, 0.6) is 0 Å².